The molecule has 2 aromatic rings. The molecule has 26 heavy (non-hydrogen) atoms. The van der Waals surface area contributed by atoms with Crippen molar-refractivity contribution in [3.8, 4) is 0 Å². The molecule has 2 amide bonds. The fourth-order valence-corrected chi connectivity index (χ4v) is 3.32. The Balaban J connectivity index is 1.69. The molecule has 1 aliphatic carbocycles. The quantitative estimate of drug-likeness (QED) is 0.716. The first-order valence-corrected chi connectivity index (χ1v) is 9.11. The van der Waals surface area contributed by atoms with E-state index in [0.29, 0.717) is 22.6 Å². The van der Waals surface area contributed by atoms with Crippen LogP contribution in [0.25, 0.3) is 0 Å². The lowest BCUT2D eigenvalue weighted by Gasteiger charge is -2.20. The number of carbonyl (C=O) groups excluding carboxylic acids is 2. The Morgan fingerprint density at radius 2 is 1.77 bits per heavy atom. The van der Waals surface area contributed by atoms with Crippen LogP contribution in [0.2, 0.25) is 0 Å². The summed E-state index contributed by atoms with van der Waals surface area (Å²) in [4.78, 5) is 24.9. The van der Waals surface area contributed by atoms with Crippen LogP contribution in [0.4, 0.5) is 17.1 Å². The van der Waals surface area contributed by atoms with Crippen LogP contribution in [-0.4, -0.2) is 11.8 Å². The zero-order chi connectivity index (χ0) is 18.5. The van der Waals surface area contributed by atoms with E-state index >= 15 is 0 Å². The van der Waals surface area contributed by atoms with Gasteiger partial charge < -0.3 is 16.4 Å². The molecule has 0 aliphatic heterocycles. The molecule has 0 spiro atoms. The molecule has 0 unspecified atom stereocenters. The Morgan fingerprint density at radius 1 is 1.00 bits per heavy atom. The lowest BCUT2D eigenvalue weighted by Crippen LogP contribution is -2.24. The van der Waals surface area contributed by atoms with Crippen LogP contribution in [0.15, 0.2) is 42.5 Å². The standard InChI is InChI=1S/C21H25N3O2/c1-14-10-11-17(22)13-19(14)24-21(26)16-8-5-9-18(12-16)23-20(25)15-6-3-2-4-7-15/h5,8-13,15H,2-4,6-7,22H2,1H3,(H,23,25)(H,24,26). The molecule has 136 valence electrons. The van der Waals surface area contributed by atoms with E-state index < -0.39 is 0 Å². The molecule has 5 heteroatoms. The van der Waals surface area contributed by atoms with Crippen LogP contribution in [0, 0.1) is 12.8 Å². The van der Waals surface area contributed by atoms with Gasteiger partial charge in [0.2, 0.25) is 5.91 Å². The van der Waals surface area contributed by atoms with E-state index in [-0.39, 0.29) is 17.7 Å². The maximum atomic E-state index is 12.6. The lowest BCUT2D eigenvalue weighted by molar-refractivity contribution is -0.120. The Bertz CT molecular complexity index is 811. The van der Waals surface area contributed by atoms with Crippen LogP contribution in [0.1, 0.15) is 48.0 Å². The fourth-order valence-electron chi connectivity index (χ4n) is 3.32. The fraction of sp³-hybridized carbons (Fsp3) is 0.333. The summed E-state index contributed by atoms with van der Waals surface area (Å²) in [5.41, 5.74) is 9.16. The number of anilines is 3. The van der Waals surface area contributed by atoms with E-state index in [1.807, 2.05) is 19.1 Å². The summed E-state index contributed by atoms with van der Waals surface area (Å²) >= 11 is 0. The van der Waals surface area contributed by atoms with Crippen molar-refractivity contribution in [1.82, 2.24) is 0 Å². The zero-order valence-corrected chi connectivity index (χ0v) is 15.0. The Kier molecular flexibility index (Phi) is 5.56. The Labute approximate surface area is 154 Å². The molecule has 3 rings (SSSR count). The van der Waals surface area contributed by atoms with E-state index in [9.17, 15) is 9.59 Å². The molecule has 0 radical (unpaired) electrons. The van der Waals surface area contributed by atoms with Crippen molar-refractivity contribution in [3.05, 3.63) is 53.6 Å². The summed E-state index contributed by atoms with van der Waals surface area (Å²) in [5.74, 6) is -0.0995. The van der Waals surface area contributed by atoms with Gasteiger partial charge in [-0.1, -0.05) is 31.4 Å². The van der Waals surface area contributed by atoms with Gasteiger partial charge in [0.25, 0.3) is 5.91 Å². The maximum absolute atomic E-state index is 12.6. The second-order valence-electron chi connectivity index (χ2n) is 6.93. The van der Waals surface area contributed by atoms with E-state index in [4.69, 9.17) is 5.73 Å². The Hall–Kier alpha value is -2.82. The number of nitrogens with two attached hydrogens (primary N) is 1. The summed E-state index contributed by atoms with van der Waals surface area (Å²) < 4.78 is 0. The van der Waals surface area contributed by atoms with Gasteiger partial charge in [0.05, 0.1) is 0 Å². The van der Waals surface area contributed by atoms with E-state index in [2.05, 4.69) is 10.6 Å². The number of rotatable bonds is 4. The molecule has 1 aliphatic rings. The summed E-state index contributed by atoms with van der Waals surface area (Å²) in [6.07, 6.45) is 5.32. The molecule has 0 aromatic heterocycles. The SMILES string of the molecule is Cc1ccc(N)cc1NC(=O)c1cccc(NC(=O)C2CCCCC2)c1. The number of nitrogen functional groups attached to an aromatic ring is 1. The summed E-state index contributed by atoms with van der Waals surface area (Å²) in [7, 11) is 0. The third kappa shape index (κ3) is 4.42. The van der Waals surface area contributed by atoms with Gasteiger partial charge in [-0.05, 0) is 55.7 Å². The Morgan fingerprint density at radius 3 is 2.54 bits per heavy atom. The van der Waals surface area contributed by atoms with Gasteiger partial charge in [0, 0.05) is 28.5 Å². The molecule has 4 N–H and O–H groups in total. The minimum Gasteiger partial charge on any atom is -0.399 e. The summed E-state index contributed by atoms with van der Waals surface area (Å²) in [5, 5.41) is 5.83. The topological polar surface area (TPSA) is 84.2 Å². The van der Waals surface area contributed by atoms with Crippen molar-refractivity contribution in [2.45, 2.75) is 39.0 Å². The minimum absolute atomic E-state index is 0.0499. The molecular weight excluding hydrogens is 326 g/mol. The number of hydrogen-bond acceptors (Lipinski definition) is 3. The molecule has 0 saturated heterocycles. The second kappa shape index (κ2) is 8.04. The van der Waals surface area contributed by atoms with Gasteiger partial charge in [0.15, 0.2) is 0 Å². The minimum atomic E-state index is -0.229. The lowest BCUT2D eigenvalue weighted by atomic mass is 9.88. The first kappa shape index (κ1) is 18.0. The smallest absolute Gasteiger partial charge is 0.255 e. The molecular formula is C21H25N3O2. The number of benzene rings is 2. The van der Waals surface area contributed by atoms with E-state index in [0.717, 1.165) is 31.2 Å². The van der Waals surface area contributed by atoms with Crippen molar-refractivity contribution in [2.24, 2.45) is 5.92 Å². The number of nitrogens with one attached hydrogen (secondary N) is 2. The number of amides is 2. The largest absolute Gasteiger partial charge is 0.399 e. The third-order valence-electron chi connectivity index (χ3n) is 4.88. The predicted molar refractivity (Wildman–Crippen MR) is 105 cm³/mol. The van der Waals surface area contributed by atoms with Crippen molar-refractivity contribution in [2.75, 3.05) is 16.4 Å². The van der Waals surface area contributed by atoms with Gasteiger partial charge in [-0.15, -0.1) is 0 Å². The second-order valence-corrected chi connectivity index (χ2v) is 6.93. The maximum Gasteiger partial charge on any atom is 0.255 e. The normalized spacial score (nSPS) is 14.7. The van der Waals surface area contributed by atoms with Crippen molar-refractivity contribution < 1.29 is 9.59 Å². The average molecular weight is 351 g/mol. The first-order chi connectivity index (χ1) is 12.5. The van der Waals surface area contributed by atoms with Gasteiger partial charge in [-0.2, -0.15) is 0 Å². The number of carbonyl (C=O) groups is 2. The number of hydrogen-bond donors (Lipinski definition) is 3. The molecule has 5 nitrogen and oxygen atoms in total. The van der Waals surface area contributed by atoms with Crippen molar-refractivity contribution in [3.63, 3.8) is 0 Å². The average Bonchev–Trinajstić information content (AvgIpc) is 2.65. The highest BCUT2D eigenvalue weighted by Crippen LogP contribution is 2.25. The highest BCUT2D eigenvalue weighted by molar-refractivity contribution is 6.06. The summed E-state index contributed by atoms with van der Waals surface area (Å²) in [6.45, 7) is 1.91. The first-order valence-electron chi connectivity index (χ1n) is 9.11. The molecule has 0 atom stereocenters. The van der Waals surface area contributed by atoms with Crippen molar-refractivity contribution >= 4 is 28.9 Å². The number of aryl methyl sites for hydroxylation is 1. The third-order valence-corrected chi connectivity index (χ3v) is 4.88. The highest BCUT2D eigenvalue weighted by atomic mass is 16.2. The van der Waals surface area contributed by atoms with Crippen LogP contribution >= 0.6 is 0 Å². The van der Waals surface area contributed by atoms with E-state index in [1.54, 1.807) is 30.3 Å². The molecule has 1 saturated carbocycles. The van der Waals surface area contributed by atoms with Gasteiger partial charge in [0.1, 0.15) is 0 Å². The van der Waals surface area contributed by atoms with Gasteiger partial charge >= 0.3 is 0 Å². The molecule has 2 aromatic carbocycles. The highest BCUT2D eigenvalue weighted by Gasteiger charge is 2.21. The van der Waals surface area contributed by atoms with Crippen molar-refractivity contribution in [1.29, 1.82) is 0 Å². The van der Waals surface area contributed by atoms with Crippen LogP contribution in [0.3, 0.4) is 0 Å². The van der Waals surface area contributed by atoms with Gasteiger partial charge in [-0.25, -0.2) is 0 Å². The predicted octanol–water partition coefficient (Wildman–Crippen LogP) is 4.35. The monoisotopic (exact) mass is 351 g/mol. The molecule has 0 bridgehead atoms. The zero-order valence-electron chi connectivity index (χ0n) is 15.0. The van der Waals surface area contributed by atoms with Crippen LogP contribution in [-0.2, 0) is 4.79 Å². The molecule has 0 heterocycles. The van der Waals surface area contributed by atoms with Gasteiger partial charge in [-0.3, -0.25) is 9.59 Å². The molecule has 1 fully saturated rings. The van der Waals surface area contributed by atoms with Crippen LogP contribution in [0.5, 0.6) is 0 Å². The summed E-state index contributed by atoms with van der Waals surface area (Å²) in [6, 6.07) is 12.4. The van der Waals surface area contributed by atoms with E-state index in [1.165, 1.54) is 6.42 Å². The van der Waals surface area contributed by atoms with Crippen LogP contribution < -0.4 is 16.4 Å².